The molecule has 0 saturated heterocycles. The summed E-state index contributed by atoms with van der Waals surface area (Å²) in [7, 11) is 13.3. The van der Waals surface area contributed by atoms with Crippen molar-refractivity contribution in [2.75, 3.05) is 97.8 Å². The van der Waals surface area contributed by atoms with Crippen LogP contribution in [0, 0.1) is 10.8 Å². The largest absolute Gasteiger partial charge is 0.497 e. The Labute approximate surface area is 836 Å². The first-order valence-corrected chi connectivity index (χ1v) is 47.3. The van der Waals surface area contributed by atoms with Gasteiger partial charge in [0.1, 0.15) is 73.1 Å². The van der Waals surface area contributed by atoms with Crippen molar-refractivity contribution in [3.05, 3.63) is 287 Å². The molecule has 0 spiro atoms. The van der Waals surface area contributed by atoms with E-state index in [1.165, 1.54) is 92.1 Å². The van der Waals surface area contributed by atoms with Gasteiger partial charge in [0, 0.05) is 49.3 Å². The van der Waals surface area contributed by atoms with Gasteiger partial charge >= 0.3 is 12.4 Å². The molecule has 10 aromatic carbocycles. The lowest BCUT2D eigenvalue weighted by molar-refractivity contribution is -0.327. The highest BCUT2D eigenvalue weighted by molar-refractivity contribution is 7.91. The van der Waals surface area contributed by atoms with Crippen molar-refractivity contribution in [1.82, 2.24) is 0 Å². The second kappa shape index (κ2) is 67.4. The van der Waals surface area contributed by atoms with E-state index < -0.39 is 37.4 Å². The Morgan fingerprint density at radius 3 is 0.612 bits per heavy atom. The lowest BCUT2D eigenvalue weighted by atomic mass is 9.78. The number of methoxy groups -OCH3 is 11. The van der Waals surface area contributed by atoms with Crippen LogP contribution in [0.3, 0.4) is 0 Å². The van der Waals surface area contributed by atoms with Crippen LogP contribution in [0.25, 0.3) is 0 Å². The number of alkyl halides is 6. The van der Waals surface area contributed by atoms with E-state index in [0.717, 1.165) is 58.5 Å². The van der Waals surface area contributed by atoms with E-state index >= 15 is 0 Å². The predicted octanol–water partition coefficient (Wildman–Crippen LogP) is 31.1. The topological polar surface area (TPSA) is 204 Å². The quantitative estimate of drug-likeness (QED) is 0.0652. The van der Waals surface area contributed by atoms with Gasteiger partial charge in [-0.1, -0.05) is 253 Å². The van der Waals surface area contributed by atoms with Gasteiger partial charge < -0.3 is 56.9 Å². The Morgan fingerprint density at radius 1 is 0.273 bits per heavy atom. The first-order valence-electron chi connectivity index (χ1n) is 43.5. The molecule has 0 aliphatic heterocycles. The third kappa shape index (κ3) is 59.2. The van der Waals surface area contributed by atoms with Gasteiger partial charge in [-0.2, -0.15) is 26.3 Å². The third-order valence-corrected chi connectivity index (χ3v) is 20.1. The normalized spacial score (nSPS) is 10.7. The fourth-order valence-corrected chi connectivity index (χ4v) is 11.3. The van der Waals surface area contributed by atoms with Crippen LogP contribution >= 0.6 is 0 Å². The molecule has 10 rings (SSSR count). The predicted molar refractivity (Wildman–Crippen MR) is 570 cm³/mol. The average molecular weight is 1990 g/mol. The Bertz CT molecular complexity index is 4830. The second-order valence-electron chi connectivity index (χ2n) is 37.4. The number of Topliss-reactive ketones (excluding diaryl/α,β-unsaturated/α-hetero) is 1. The highest BCUT2D eigenvalue weighted by Crippen LogP contribution is 2.49. The van der Waals surface area contributed by atoms with Crippen LogP contribution < -0.4 is 47.4 Å². The van der Waals surface area contributed by atoms with Gasteiger partial charge in [-0.25, -0.2) is 16.8 Å². The standard InChI is InChI=1S/C17H20O2.C15H14O3.C14H14O4S.2C14H22.2C8H10O2.C5H6F6.C5H12.C3H6O.C3H8.C2H6O2S.C2H6O.4CH4/c1-17(2,13-5-9-15(18-3)10-6-13)14-7-11-16(19-4)12-8-14;1-17-13-7-3-11(4-8-13)15(16)12-5-9-14(18-2)10-6-12;1-17-11-3-7-13(8-4-11)19(15,16)14-9-5-12(18-2)6-10-14;1-13(2,3)11-7-9-12(10-8-11)14(4,5)6;1-13(2,3)11-8-7-9-12(10-11)14(4,5)6;1-9-7-3-5-8(10-2)6-4-7;1-9-7-4-3-5-8(6-7)10-2;1-3(2,4(6,7)8)5(9,10)11;1-5(2,3)4;1-3(2)4;1-3-2;1-5(2,3)4;1-3-2;;;;/h5-12H,1-4H3;3-10H,1-2H3;3-10H,1-2H3;2*7-10H,1-6H3;2*3-6H,1-2H3;1-2H3;1-4H3;1-2H3;3H2,1-2H3;1-2H3;1-2H3;4*1H4. The van der Waals surface area contributed by atoms with Crippen molar-refractivity contribution in [2.24, 2.45) is 10.8 Å². The summed E-state index contributed by atoms with van der Waals surface area (Å²) < 4.78 is 168. The Hall–Kier alpha value is -11.0. The van der Waals surface area contributed by atoms with Crippen molar-refractivity contribution in [3.8, 4) is 57.5 Å². The average Bonchev–Trinajstić information content (AvgIpc) is 0.796. The number of ketones is 2. The van der Waals surface area contributed by atoms with Crippen LogP contribution in [0.1, 0.15) is 252 Å². The fourth-order valence-electron chi connectivity index (χ4n) is 10.0. The van der Waals surface area contributed by atoms with Gasteiger partial charge in [0.25, 0.3) is 0 Å². The monoisotopic (exact) mass is 1990 g/mol. The molecule has 0 radical (unpaired) electrons. The van der Waals surface area contributed by atoms with Crippen LogP contribution in [0.2, 0.25) is 0 Å². The van der Waals surface area contributed by atoms with E-state index in [-0.39, 0.29) is 92.0 Å². The number of halogens is 6. The van der Waals surface area contributed by atoms with E-state index in [4.69, 9.17) is 47.4 Å². The van der Waals surface area contributed by atoms with E-state index in [2.05, 4.69) is 216 Å². The molecule has 784 valence electrons. The Kier molecular flexibility index (Phi) is 68.3. The van der Waals surface area contributed by atoms with Crippen molar-refractivity contribution < 1.29 is 105 Å². The summed E-state index contributed by atoms with van der Waals surface area (Å²) in [5, 5.41) is 0. The zero-order chi connectivity index (χ0) is 105. The van der Waals surface area contributed by atoms with Gasteiger partial charge in [0.2, 0.25) is 9.84 Å². The molecular weight excluding hydrogens is 1820 g/mol. The highest BCUT2D eigenvalue weighted by Gasteiger charge is 2.64. The first-order chi connectivity index (χ1) is 62.1. The number of hydrogen-bond donors (Lipinski definition) is 0. The number of hydrogen-bond acceptors (Lipinski definition) is 17. The molecule has 0 amide bonds. The highest BCUT2D eigenvalue weighted by atomic mass is 32.2. The van der Waals surface area contributed by atoms with Crippen molar-refractivity contribution in [3.63, 3.8) is 0 Å². The molecular formula is C114H172F6O17S2. The zero-order valence-electron chi connectivity index (χ0n) is 87.3. The molecule has 0 N–H and O–H groups in total. The number of rotatable bonds is 16. The van der Waals surface area contributed by atoms with Crippen LogP contribution in [-0.4, -0.2) is 139 Å². The zero-order valence-corrected chi connectivity index (χ0v) is 89.0. The molecule has 0 saturated carbocycles. The van der Waals surface area contributed by atoms with Crippen LogP contribution in [0.5, 0.6) is 57.5 Å². The van der Waals surface area contributed by atoms with Gasteiger partial charge in [0.15, 0.2) is 11.2 Å². The van der Waals surface area contributed by atoms with Gasteiger partial charge in [-0.15, -0.1) is 0 Å². The molecule has 25 heteroatoms. The molecule has 139 heavy (non-hydrogen) atoms. The maximum Gasteiger partial charge on any atom is 0.402 e. The maximum absolute atomic E-state index is 12.4. The molecule has 0 aliphatic rings. The molecule has 10 aromatic rings. The molecule has 0 heterocycles. The number of sulfone groups is 2. The summed E-state index contributed by atoms with van der Waals surface area (Å²) in [6, 6.07) is 76.0. The molecule has 0 unspecified atom stereocenters. The summed E-state index contributed by atoms with van der Waals surface area (Å²) >= 11 is 0. The Morgan fingerprint density at radius 2 is 0.439 bits per heavy atom. The number of benzene rings is 10. The third-order valence-electron chi connectivity index (χ3n) is 18.3. The summed E-state index contributed by atoms with van der Waals surface area (Å²) in [6.45, 7) is 47.7. The molecule has 0 fully saturated rings. The lowest BCUT2D eigenvalue weighted by Crippen LogP contribution is -2.44. The molecule has 0 aliphatic carbocycles. The van der Waals surface area contributed by atoms with Gasteiger partial charge in [-0.05, 0) is 246 Å². The fraction of sp³-hybridized carbons (Fsp3) is 0.456. The minimum absolute atomic E-state index is 0. The minimum atomic E-state index is -5.24. The minimum Gasteiger partial charge on any atom is -0.497 e. The lowest BCUT2D eigenvalue weighted by Gasteiger charge is -2.29. The molecule has 0 bridgehead atoms. The van der Waals surface area contributed by atoms with Gasteiger partial charge in [0.05, 0.1) is 80.9 Å². The van der Waals surface area contributed by atoms with Crippen LogP contribution in [0.15, 0.2) is 252 Å². The SMILES string of the molecule is C.C.C.C.CC(C)(C(F)(F)F)C(F)(F)F.CC(C)(C)C.CC(C)(C)c1ccc(C(C)(C)C)cc1.CC(C)(C)c1cccc(C(C)(C)C)c1.CC(C)=O.CCC.COC.COc1ccc(C(=O)c2ccc(OC)cc2)cc1.COc1ccc(C(C)(C)c2ccc(OC)cc2)cc1.COc1ccc(OC)cc1.COc1ccc(S(=O)(=O)c2ccc(OC)cc2)cc1.COc1cccc(OC)c1.CS(C)(=O)=O. The van der Waals surface area contributed by atoms with Crippen molar-refractivity contribution in [1.29, 1.82) is 0 Å². The van der Waals surface area contributed by atoms with Crippen LogP contribution in [-0.2, 0) is 56.3 Å². The number of ether oxygens (including phenoxy) is 11. The van der Waals surface area contributed by atoms with Gasteiger partial charge in [-0.3, -0.25) is 4.79 Å². The van der Waals surface area contributed by atoms with Crippen molar-refractivity contribution in [2.45, 2.75) is 252 Å². The van der Waals surface area contributed by atoms with Crippen LogP contribution in [0.4, 0.5) is 26.3 Å². The molecule has 0 aromatic heterocycles. The maximum atomic E-state index is 12.4. The Balaban J connectivity index is -0.000000280. The van der Waals surface area contributed by atoms with E-state index in [1.807, 2.05) is 72.8 Å². The van der Waals surface area contributed by atoms with E-state index in [9.17, 15) is 52.8 Å². The molecule has 0 atom stereocenters. The molecule has 17 nitrogen and oxygen atoms in total. The summed E-state index contributed by atoms with van der Waals surface area (Å²) in [6.07, 6.45) is -6.92. The number of carbonyl (C=O) groups excluding carboxylic acids is 2. The van der Waals surface area contributed by atoms with Crippen molar-refractivity contribution >= 4 is 31.2 Å². The first kappa shape index (κ1) is 141. The summed E-state index contributed by atoms with van der Waals surface area (Å²) in [5.74, 6) is 7.97. The van der Waals surface area contributed by atoms with E-state index in [1.54, 1.807) is 144 Å². The van der Waals surface area contributed by atoms with E-state index in [0.29, 0.717) is 28.0 Å². The second-order valence-corrected chi connectivity index (χ2v) is 41.7. The number of carbonyl (C=O) groups is 2. The summed E-state index contributed by atoms with van der Waals surface area (Å²) in [5.41, 5.74) is 7.32. The smallest absolute Gasteiger partial charge is 0.402 e. The summed E-state index contributed by atoms with van der Waals surface area (Å²) in [4.78, 5) is 22.1.